The summed E-state index contributed by atoms with van der Waals surface area (Å²) in [4.78, 5) is 0. The number of aliphatic hydroxyl groups is 2. The Kier molecular flexibility index (Phi) is 3.73. The lowest BCUT2D eigenvalue weighted by molar-refractivity contribution is 0.130. The van der Waals surface area contributed by atoms with Gasteiger partial charge in [-0.1, -0.05) is 36.8 Å². The molecule has 1 aliphatic rings. The van der Waals surface area contributed by atoms with Crippen LogP contribution in [0.15, 0.2) is 24.3 Å². The van der Waals surface area contributed by atoms with Gasteiger partial charge in [-0.3, -0.25) is 0 Å². The predicted molar refractivity (Wildman–Crippen MR) is 73.8 cm³/mol. The summed E-state index contributed by atoms with van der Waals surface area (Å²) in [5.41, 5.74) is 1.04. The van der Waals surface area contributed by atoms with E-state index >= 15 is 0 Å². The first-order valence-electron chi connectivity index (χ1n) is 6.43. The molecule has 2 rings (SSSR count). The number of benzene rings is 1. The van der Waals surface area contributed by atoms with Gasteiger partial charge < -0.3 is 10.2 Å². The van der Waals surface area contributed by atoms with E-state index in [1.165, 1.54) is 0 Å². The van der Waals surface area contributed by atoms with Crippen LogP contribution in [0.5, 0.6) is 0 Å². The molecule has 106 valence electrons. The van der Waals surface area contributed by atoms with E-state index in [2.05, 4.69) is 0 Å². The Morgan fingerprint density at radius 2 is 1.68 bits per heavy atom. The average molecular weight is 284 g/mol. The maximum atomic E-state index is 12.1. The van der Waals surface area contributed by atoms with Crippen molar-refractivity contribution in [2.45, 2.75) is 25.0 Å². The fourth-order valence-electron chi connectivity index (χ4n) is 2.90. The zero-order valence-corrected chi connectivity index (χ0v) is 12.0. The molecule has 0 unspecified atom stereocenters. The van der Waals surface area contributed by atoms with Crippen molar-refractivity contribution >= 4 is 9.84 Å². The topological polar surface area (TPSA) is 74.6 Å². The first-order valence-corrected chi connectivity index (χ1v) is 8.14. The number of aliphatic hydroxyl groups excluding tert-OH is 2. The molecule has 1 aromatic rings. The van der Waals surface area contributed by atoms with Gasteiger partial charge in [0.05, 0.1) is 18.5 Å². The van der Waals surface area contributed by atoms with E-state index < -0.39 is 20.5 Å². The highest BCUT2D eigenvalue weighted by molar-refractivity contribution is 7.92. The second-order valence-electron chi connectivity index (χ2n) is 5.31. The minimum atomic E-state index is -3.28. The standard InChI is InChI=1S/C14H20O4S/c1-3-19(17,18)13-12(14(13,8-15)9-16)11-6-4-10(2)5-7-11/h4-7,12-13,15-16H,3,8-9H2,1-2H3/t12-,13-/m1/s1. The van der Waals surface area contributed by atoms with E-state index in [4.69, 9.17) is 0 Å². The predicted octanol–water partition coefficient (Wildman–Crippen LogP) is 0.867. The Hall–Kier alpha value is -0.910. The van der Waals surface area contributed by atoms with Crippen LogP contribution < -0.4 is 0 Å². The van der Waals surface area contributed by atoms with E-state index in [1.54, 1.807) is 6.92 Å². The zero-order chi connectivity index (χ0) is 14.3. The molecule has 4 nitrogen and oxygen atoms in total. The maximum absolute atomic E-state index is 12.1. The van der Waals surface area contributed by atoms with Crippen molar-refractivity contribution in [1.29, 1.82) is 0 Å². The van der Waals surface area contributed by atoms with Crippen molar-refractivity contribution in [3.05, 3.63) is 35.4 Å². The molecule has 0 saturated heterocycles. The molecule has 1 fully saturated rings. The van der Waals surface area contributed by atoms with Crippen LogP contribution in [0, 0.1) is 12.3 Å². The maximum Gasteiger partial charge on any atom is 0.154 e. The Morgan fingerprint density at radius 3 is 2.11 bits per heavy atom. The van der Waals surface area contributed by atoms with Crippen LogP contribution in [0.3, 0.4) is 0 Å². The van der Waals surface area contributed by atoms with Gasteiger partial charge >= 0.3 is 0 Å². The molecular formula is C14H20O4S. The van der Waals surface area contributed by atoms with E-state index in [-0.39, 0.29) is 24.9 Å². The lowest BCUT2D eigenvalue weighted by Gasteiger charge is -2.10. The second-order valence-corrected chi connectivity index (χ2v) is 7.72. The molecule has 0 aliphatic heterocycles. The van der Waals surface area contributed by atoms with Crippen LogP contribution in [-0.2, 0) is 9.84 Å². The summed E-state index contributed by atoms with van der Waals surface area (Å²) in [5, 5.41) is 18.4. The molecule has 0 amide bonds. The fourth-order valence-corrected chi connectivity index (χ4v) is 5.04. The van der Waals surface area contributed by atoms with Crippen LogP contribution >= 0.6 is 0 Å². The summed E-state index contributed by atoms with van der Waals surface area (Å²) >= 11 is 0. The Morgan fingerprint density at radius 1 is 1.16 bits per heavy atom. The van der Waals surface area contributed by atoms with Crippen LogP contribution in [0.4, 0.5) is 0 Å². The van der Waals surface area contributed by atoms with Gasteiger partial charge in [-0.25, -0.2) is 8.42 Å². The van der Waals surface area contributed by atoms with Crippen molar-refractivity contribution in [2.75, 3.05) is 19.0 Å². The summed E-state index contributed by atoms with van der Waals surface area (Å²) in [7, 11) is -3.28. The molecule has 1 saturated carbocycles. The van der Waals surface area contributed by atoms with Gasteiger partial charge in [-0.05, 0) is 12.5 Å². The minimum absolute atomic E-state index is 0.0295. The van der Waals surface area contributed by atoms with E-state index in [0.717, 1.165) is 11.1 Å². The molecule has 2 atom stereocenters. The van der Waals surface area contributed by atoms with Gasteiger partial charge in [-0.15, -0.1) is 0 Å². The molecule has 1 aliphatic carbocycles. The van der Waals surface area contributed by atoms with E-state index in [9.17, 15) is 18.6 Å². The molecule has 0 spiro atoms. The average Bonchev–Trinajstić information content (AvgIpc) is 3.10. The number of rotatable bonds is 5. The third-order valence-corrected chi connectivity index (χ3v) is 6.51. The largest absolute Gasteiger partial charge is 0.396 e. The zero-order valence-electron chi connectivity index (χ0n) is 11.2. The van der Waals surface area contributed by atoms with Crippen molar-refractivity contribution < 1.29 is 18.6 Å². The molecule has 0 bridgehead atoms. The summed E-state index contributed by atoms with van der Waals surface area (Å²) in [6, 6.07) is 7.60. The van der Waals surface area contributed by atoms with Crippen LogP contribution in [0.25, 0.3) is 0 Å². The van der Waals surface area contributed by atoms with Crippen LogP contribution in [0.1, 0.15) is 24.0 Å². The van der Waals surface area contributed by atoms with Gasteiger partial charge in [0, 0.05) is 17.1 Å². The summed E-state index contributed by atoms with van der Waals surface area (Å²) < 4.78 is 24.2. The molecule has 1 aromatic carbocycles. The molecule has 19 heavy (non-hydrogen) atoms. The lowest BCUT2D eigenvalue weighted by Crippen LogP contribution is -2.23. The van der Waals surface area contributed by atoms with Gasteiger partial charge in [0.25, 0.3) is 0 Å². The highest BCUT2D eigenvalue weighted by Crippen LogP contribution is 2.62. The van der Waals surface area contributed by atoms with Gasteiger partial charge in [0.2, 0.25) is 0 Å². The molecule has 0 aromatic heterocycles. The lowest BCUT2D eigenvalue weighted by atomic mass is 10.00. The third kappa shape index (κ3) is 2.20. The minimum Gasteiger partial charge on any atom is -0.396 e. The molecule has 2 N–H and O–H groups in total. The number of hydrogen-bond donors (Lipinski definition) is 2. The fraction of sp³-hybridized carbons (Fsp3) is 0.571. The smallest absolute Gasteiger partial charge is 0.154 e. The highest BCUT2D eigenvalue weighted by atomic mass is 32.2. The first-order chi connectivity index (χ1) is 8.93. The van der Waals surface area contributed by atoms with Crippen LogP contribution in [-0.4, -0.2) is 42.8 Å². The molecule has 5 heteroatoms. The van der Waals surface area contributed by atoms with Gasteiger partial charge in [-0.2, -0.15) is 0 Å². The van der Waals surface area contributed by atoms with Crippen molar-refractivity contribution in [3.8, 4) is 0 Å². The quantitative estimate of drug-likeness (QED) is 0.841. The highest BCUT2D eigenvalue weighted by Gasteiger charge is 2.69. The normalized spacial score (nSPS) is 25.3. The number of hydrogen-bond acceptors (Lipinski definition) is 4. The monoisotopic (exact) mass is 284 g/mol. The van der Waals surface area contributed by atoms with Crippen molar-refractivity contribution in [2.24, 2.45) is 5.41 Å². The third-order valence-electron chi connectivity index (χ3n) is 4.19. The summed E-state index contributed by atoms with van der Waals surface area (Å²) in [5.74, 6) is -0.282. The summed E-state index contributed by atoms with van der Waals surface area (Å²) in [6.45, 7) is 2.93. The first kappa shape index (κ1) is 14.5. The van der Waals surface area contributed by atoms with Crippen molar-refractivity contribution in [1.82, 2.24) is 0 Å². The Bertz CT molecular complexity index is 543. The van der Waals surface area contributed by atoms with E-state index in [1.807, 2.05) is 31.2 Å². The second kappa shape index (κ2) is 4.89. The van der Waals surface area contributed by atoms with Crippen molar-refractivity contribution in [3.63, 3.8) is 0 Å². The van der Waals surface area contributed by atoms with Gasteiger partial charge in [0.15, 0.2) is 9.84 Å². The SMILES string of the molecule is CCS(=O)(=O)[C@@H]1[C@@H](c2ccc(C)cc2)C1(CO)CO. The Balaban J connectivity index is 2.42. The summed E-state index contributed by atoms with van der Waals surface area (Å²) in [6.07, 6.45) is 0. The van der Waals surface area contributed by atoms with E-state index in [0.29, 0.717) is 0 Å². The molecule has 0 radical (unpaired) electrons. The number of sulfone groups is 1. The molecular weight excluding hydrogens is 264 g/mol. The Labute approximate surface area is 114 Å². The number of aryl methyl sites for hydroxylation is 1. The van der Waals surface area contributed by atoms with Crippen LogP contribution in [0.2, 0.25) is 0 Å². The van der Waals surface area contributed by atoms with Gasteiger partial charge in [0.1, 0.15) is 0 Å². The molecule has 0 heterocycles.